The van der Waals surface area contributed by atoms with Gasteiger partial charge in [0.2, 0.25) is 0 Å². The number of piperidine rings is 1. The summed E-state index contributed by atoms with van der Waals surface area (Å²) < 4.78 is 0. The van der Waals surface area contributed by atoms with Gasteiger partial charge in [-0.25, -0.2) is 0 Å². The highest BCUT2D eigenvalue weighted by Gasteiger charge is 2.21. The van der Waals surface area contributed by atoms with E-state index >= 15 is 0 Å². The summed E-state index contributed by atoms with van der Waals surface area (Å²) in [7, 11) is 0. The molecule has 4 heteroatoms. The third kappa shape index (κ3) is 4.57. The number of hydrogen-bond donors (Lipinski definition) is 1. The Labute approximate surface area is 138 Å². The molecule has 1 N–H and O–H groups in total. The van der Waals surface area contributed by atoms with Crippen LogP contribution in [0.3, 0.4) is 0 Å². The quantitative estimate of drug-likeness (QED) is 0.863. The summed E-state index contributed by atoms with van der Waals surface area (Å²) in [6, 6.07) is 5.82. The van der Waals surface area contributed by atoms with Crippen molar-refractivity contribution in [2.24, 2.45) is 0 Å². The van der Waals surface area contributed by atoms with Gasteiger partial charge in [0.15, 0.2) is 0 Å². The van der Waals surface area contributed by atoms with Crippen LogP contribution in [-0.2, 0) is 4.79 Å². The highest BCUT2D eigenvalue weighted by molar-refractivity contribution is 5.95. The topological polar surface area (TPSA) is 57.6 Å². The van der Waals surface area contributed by atoms with E-state index in [1.54, 1.807) is 0 Å². The van der Waals surface area contributed by atoms with Crippen molar-refractivity contribution < 1.29 is 14.7 Å². The molecule has 4 nitrogen and oxygen atoms in total. The van der Waals surface area contributed by atoms with Crippen molar-refractivity contribution >= 4 is 11.9 Å². The summed E-state index contributed by atoms with van der Waals surface area (Å²) in [6.07, 6.45) is 5.32. The summed E-state index contributed by atoms with van der Waals surface area (Å²) in [4.78, 5) is 25.6. The predicted molar refractivity (Wildman–Crippen MR) is 90.8 cm³/mol. The monoisotopic (exact) mass is 317 g/mol. The van der Waals surface area contributed by atoms with Crippen molar-refractivity contribution in [1.29, 1.82) is 0 Å². The van der Waals surface area contributed by atoms with Gasteiger partial charge in [0.25, 0.3) is 5.91 Å². The van der Waals surface area contributed by atoms with Crippen LogP contribution in [0.5, 0.6) is 0 Å². The van der Waals surface area contributed by atoms with Crippen molar-refractivity contribution in [3.05, 3.63) is 34.9 Å². The maximum atomic E-state index is 12.6. The fourth-order valence-corrected chi connectivity index (χ4v) is 3.39. The van der Waals surface area contributed by atoms with E-state index in [-0.39, 0.29) is 18.2 Å². The van der Waals surface area contributed by atoms with Crippen LogP contribution in [0.2, 0.25) is 0 Å². The van der Waals surface area contributed by atoms with E-state index in [0.717, 1.165) is 55.5 Å². The molecule has 126 valence electrons. The van der Waals surface area contributed by atoms with Gasteiger partial charge in [0.05, 0.1) is 6.42 Å². The Hall–Kier alpha value is -1.84. The molecular weight excluding hydrogens is 290 g/mol. The summed E-state index contributed by atoms with van der Waals surface area (Å²) in [6.45, 7) is 5.70. The smallest absolute Gasteiger partial charge is 0.303 e. The minimum atomic E-state index is -0.769. The maximum Gasteiger partial charge on any atom is 0.303 e. The summed E-state index contributed by atoms with van der Waals surface area (Å²) in [5.74, 6) is -0.635. The standard InChI is InChI=1S/C19H27NO3/c1-3-7-15(13-18(21)22)16-8-9-17(14(2)12-16)19(23)20-10-5-4-6-11-20/h8-9,12,15H,3-7,10-11,13H2,1-2H3,(H,21,22). The van der Waals surface area contributed by atoms with Gasteiger partial charge in [0, 0.05) is 18.7 Å². The number of nitrogens with zero attached hydrogens (tertiary/aromatic N) is 1. The van der Waals surface area contributed by atoms with Gasteiger partial charge in [-0.15, -0.1) is 0 Å². The molecule has 1 aromatic rings. The number of benzene rings is 1. The number of carbonyl (C=O) groups is 2. The molecule has 0 aliphatic carbocycles. The molecule has 1 aliphatic heterocycles. The summed E-state index contributed by atoms with van der Waals surface area (Å²) in [5.41, 5.74) is 2.73. The number of aliphatic carboxylic acids is 1. The van der Waals surface area contributed by atoms with Crippen LogP contribution in [0.1, 0.15) is 72.9 Å². The first-order valence-corrected chi connectivity index (χ1v) is 8.64. The number of likely N-dealkylation sites (tertiary alicyclic amines) is 1. The second kappa shape index (κ2) is 8.14. The zero-order chi connectivity index (χ0) is 16.8. The van der Waals surface area contributed by atoms with E-state index in [0.29, 0.717) is 0 Å². The van der Waals surface area contributed by atoms with Crippen molar-refractivity contribution in [1.82, 2.24) is 4.90 Å². The van der Waals surface area contributed by atoms with Crippen molar-refractivity contribution in [2.75, 3.05) is 13.1 Å². The normalized spacial score (nSPS) is 16.2. The Morgan fingerprint density at radius 2 is 1.91 bits per heavy atom. The molecule has 0 aromatic heterocycles. The number of carbonyl (C=O) groups excluding carboxylic acids is 1. The lowest BCUT2D eigenvalue weighted by atomic mass is 9.89. The number of amides is 1. The van der Waals surface area contributed by atoms with Crippen LogP contribution in [0.4, 0.5) is 0 Å². The maximum absolute atomic E-state index is 12.6. The number of rotatable bonds is 6. The van der Waals surface area contributed by atoms with Crippen LogP contribution in [-0.4, -0.2) is 35.0 Å². The number of aryl methyl sites for hydroxylation is 1. The van der Waals surface area contributed by atoms with E-state index < -0.39 is 5.97 Å². The SMILES string of the molecule is CCCC(CC(=O)O)c1ccc(C(=O)N2CCCCC2)c(C)c1. The van der Waals surface area contributed by atoms with Crippen LogP contribution >= 0.6 is 0 Å². The average Bonchev–Trinajstić information content (AvgIpc) is 2.54. The molecule has 0 saturated carbocycles. The van der Waals surface area contributed by atoms with E-state index in [4.69, 9.17) is 5.11 Å². The first kappa shape index (κ1) is 17.5. The Bertz CT molecular complexity index is 562. The Morgan fingerprint density at radius 3 is 2.48 bits per heavy atom. The van der Waals surface area contributed by atoms with Gasteiger partial charge < -0.3 is 10.0 Å². The van der Waals surface area contributed by atoms with Crippen molar-refractivity contribution in [3.8, 4) is 0 Å². The van der Waals surface area contributed by atoms with Crippen molar-refractivity contribution in [2.45, 2.75) is 58.3 Å². The molecule has 1 atom stereocenters. The predicted octanol–water partition coefficient (Wildman–Crippen LogP) is 3.98. The van der Waals surface area contributed by atoms with E-state index in [1.165, 1.54) is 6.42 Å². The van der Waals surface area contributed by atoms with Crippen LogP contribution in [0.25, 0.3) is 0 Å². The lowest BCUT2D eigenvalue weighted by molar-refractivity contribution is -0.137. The Balaban J connectivity index is 2.18. The molecule has 1 aromatic carbocycles. The first-order valence-electron chi connectivity index (χ1n) is 8.64. The number of carboxylic acid groups (broad SMARTS) is 1. The molecule has 0 spiro atoms. The molecular formula is C19H27NO3. The molecule has 23 heavy (non-hydrogen) atoms. The van der Waals surface area contributed by atoms with Gasteiger partial charge >= 0.3 is 5.97 Å². The highest BCUT2D eigenvalue weighted by Crippen LogP contribution is 2.27. The van der Waals surface area contributed by atoms with E-state index in [9.17, 15) is 9.59 Å². The van der Waals surface area contributed by atoms with Crippen LogP contribution in [0, 0.1) is 6.92 Å². The van der Waals surface area contributed by atoms with Gasteiger partial charge in [-0.3, -0.25) is 9.59 Å². The molecule has 1 amide bonds. The molecule has 1 heterocycles. The van der Waals surface area contributed by atoms with Crippen LogP contribution < -0.4 is 0 Å². The minimum Gasteiger partial charge on any atom is -0.481 e. The van der Waals surface area contributed by atoms with E-state index in [1.807, 2.05) is 30.0 Å². The van der Waals surface area contributed by atoms with Gasteiger partial charge in [0.1, 0.15) is 0 Å². The lowest BCUT2D eigenvalue weighted by Gasteiger charge is -2.27. The fourth-order valence-electron chi connectivity index (χ4n) is 3.39. The zero-order valence-electron chi connectivity index (χ0n) is 14.2. The van der Waals surface area contributed by atoms with Crippen LogP contribution in [0.15, 0.2) is 18.2 Å². The molecule has 1 aliphatic rings. The Morgan fingerprint density at radius 1 is 1.22 bits per heavy atom. The number of hydrogen-bond acceptors (Lipinski definition) is 2. The highest BCUT2D eigenvalue weighted by atomic mass is 16.4. The second-order valence-corrected chi connectivity index (χ2v) is 6.51. The van der Waals surface area contributed by atoms with Gasteiger partial charge in [-0.1, -0.05) is 25.5 Å². The fraction of sp³-hybridized carbons (Fsp3) is 0.579. The second-order valence-electron chi connectivity index (χ2n) is 6.51. The van der Waals surface area contributed by atoms with E-state index in [2.05, 4.69) is 6.92 Å². The number of carboxylic acids is 1. The molecule has 1 fully saturated rings. The first-order chi connectivity index (χ1) is 11.0. The lowest BCUT2D eigenvalue weighted by Crippen LogP contribution is -2.36. The van der Waals surface area contributed by atoms with Gasteiger partial charge in [-0.2, -0.15) is 0 Å². The van der Waals surface area contributed by atoms with Gasteiger partial charge in [-0.05, 0) is 55.7 Å². The summed E-state index contributed by atoms with van der Waals surface area (Å²) >= 11 is 0. The third-order valence-corrected chi connectivity index (χ3v) is 4.65. The summed E-state index contributed by atoms with van der Waals surface area (Å²) in [5, 5.41) is 9.09. The Kier molecular flexibility index (Phi) is 6.20. The third-order valence-electron chi connectivity index (χ3n) is 4.65. The largest absolute Gasteiger partial charge is 0.481 e. The molecule has 0 bridgehead atoms. The molecule has 1 saturated heterocycles. The zero-order valence-corrected chi connectivity index (χ0v) is 14.2. The minimum absolute atomic E-state index is 0.0235. The van der Waals surface area contributed by atoms with Crippen molar-refractivity contribution in [3.63, 3.8) is 0 Å². The average molecular weight is 317 g/mol. The molecule has 2 rings (SSSR count). The molecule has 0 radical (unpaired) electrons. The molecule has 1 unspecified atom stereocenters.